The Morgan fingerprint density at radius 1 is 0.767 bits per heavy atom. The number of likely N-dealkylation sites (tertiary alicyclic amines) is 2. The van der Waals surface area contributed by atoms with Crippen LogP contribution in [0.4, 0.5) is 11.9 Å². The third-order valence-corrected chi connectivity index (χ3v) is 12.6. The third kappa shape index (κ3) is 8.99. The molecule has 2 unspecified atom stereocenters. The molecule has 6 heterocycles. The van der Waals surface area contributed by atoms with Crippen LogP contribution in [0.25, 0.3) is 0 Å². The summed E-state index contributed by atoms with van der Waals surface area (Å²) in [5, 5.41) is 18.4. The number of fused-ring (bicyclic) bond motifs is 2. The molecule has 0 bridgehead atoms. The Kier molecular flexibility index (Phi) is 11.6. The number of imidazole rings is 2. The number of hydrogen-bond acceptors (Lipinski definition) is 11. The van der Waals surface area contributed by atoms with Gasteiger partial charge in [0.1, 0.15) is 35.1 Å². The zero-order valence-corrected chi connectivity index (χ0v) is 35.1. The number of hydrogen-bond donors (Lipinski definition) is 3. The number of nitrogens with one attached hydrogen (secondary N) is 2. The van der Waals surface area contributed by atoms with Crippen molar-refractivity contribution >= 4 is 23.7 Å². The second kappa shape index (κ2) is 16.9. The smallest absolute Gasteiger partial charge is 0.435 e. The minimum atomic E-state index is -1.38. The van der Waals surface area contributed by atoms with Gasteiger partial charge in [0.25, 0.3) is 5.91 Å². The van der Waals surface area contributed by atoms with E-state index >= 15 is 0 Å². The number of carbonyl (C=O) groups excluding carboxylic acids is 2. The zero-order valence-electron chi connectivity index (χ0n) is 35.1. The summed E-state index contributed by atoms with van der Waals surface area (Å²) < 4.78 is 15.2. The molecule has 4 aliphatic heterocycles. The summed E-state index contributed by atoms with van der Waals surface area (Å²) in [5.41, 5.74) is 10.8. The number of amides is 2. The molecule has 4 aliphatic rings. The Bertz CT molecular complexity index is 2200. The zero-order chi connectivity index (χ0) is 42.2. The summed E-state index contributed by atoms with van der Waals surface area (Å²) in [5.74, 6) is 0.812. The summed E-state index contributed by atoms with van der Waals surface area (Å²) in [7, 11) is 0. The number of nitrogens with zero attached hydrogens (tertiary/aromatic N) is 7. The molecule has 60 heavy (non-hydrogen) atoms. The summed E-state index contributed by atoms with van der Waals surface area (Å²) in [4.78, 5) is 53.3. The van der Waals surface area contributed by atoms with E-state index in [1.807, 2.05) is 0 Å². The van der Waals surface area contributed by atoms with Gasteiger partial charge in [0, 0.05) is 62.5 Å². The Morgan fingerprint density at radius 3 is 1.67 bits per heavy atom. The lowest BCUT2D eigenvalue weighted by molar-refractivity contribution is -0.397. The lowest BCUT2D eigenvalue weighted by Crippen LogP contribution is -2.47. The molecule has 2 amide bonds. The first-order valence-electron chi connectivity index (χ1n) is 21.3. The monoisotopic (exact) mass is 822 g/mol. The fourth-order valence-corrected chi connectivity index (χ4v) is 9.55. The van der Waals surface area contributed by atoms with Crippen molar-refractivity contribution in [3.8, 4) is 11.5 Å². The number of anilines is 1. The molecule has 2 aromatic heterocycles. The molecule has 4 N–H and O–H groups in total. The number of piperidine rings is 2. The van der Waals surface area contributed by atoms with E-state index in [0.717, 1.165) is 93.9 Å². The van der Waals surface area contributed by atoms with Crippen molar-refractivity contribution in [3.05, 3.63) is 93.6 Å². The molecule has 2 atom stereocenters. The normalized spacial score (nSPS) is 20.1. The average molecular weight is 823 g/mol. The van der Waals surface area contributed by atoms with Crippen LogP contribution in [0.5, 0.6) is 11.5 Å². The average Bonchev–Trinajstić information content (AvgIpc) is 4.00. The summed E-state index contributed by atoms with van der Waals surface area (Å²) >= 11 is 0. The van der Waals surface area contributed by atoms with Crippen LogP contribution >= 0.6 is 0 Å². The van der Waals surface area contributed by atoms with Crippen LogP contribution in [-0.2, 0) is 35.5 Å². The second-order valence-electron chi connectivity index (χ2n) is 18.3. The molecule has 16 nitrogen and oxygen atoms in total. The maximum Gasteiger partial charge on any atom is 0.435 e. The summed E-state index contributed by atoms with van der Waals surface area (Å²) in [6.45, 7) is 14.2. The maximum atomic E-state index is 14.4. The van der Waals surface area contributed by atoms with Gasteiger partial charge in [-0.25, -0.2) is 9.55 Å². The Hall–Kier alpha value is -5.48. The molecule has 16 heteroatoms. The summed E-state index contributed by atoms with van der Waals surface area (Å²) in [6.07, 6.45) is 10.8. The molecule has 0 saturated carbocycles. The van der Waals surface area contributed by atoms with E-state index in [0.29, 0.717) is 13.1 Å². The van der Waals surface area contributed by atoms with E-state index in [1.165, 1.54) is 51.6 Å². The van der Waals surface area contributed by atoms with Crippen molar-refractivity contribution < 1.29 is 24.0 Å². The minimum absolute atomic E-state index is 0.00850. The molecule has 2 fully saturated rings. The quantitative estimate of drug-likeness (QED) is 0.117. The van der Waals surface area contributed by atoms with Crippen molar-refractivity contribution in [1.82, 2.24) is 39.5 Å². The van der Waals surface area contributed by atoms with E-state index in [-0.39, 0.29) is 29.0 Å². The number of benzene rings is 2. The molecule has 2 aromatic carbocycles. The van der Waals surface area contributed by atoms with Gasteiger partial charge < -0.3 is 40.5 Å². The van der Waals surface area contributed by atoms with Gasteiger partial charge in [-0.15, -0.1) is 0 Å². The molecule has 2 saturated heterocycles. The Morgan fingerprint density at radius 2 is 1.22 bits per heavy atom. The fraction of sp³-hybridized carbons (Fsp3) is 0.545. The van der Waals surface area contributed by atoms with Gasteiger partial charge in [0.2, 0.25) is 11.9 Å². The van der Waals surface area contributed by atoms with Gasteiger partial charge in [0.05, 0.1) is 0 Å². The van der Waals surface area contributed by atoms with Crippen LogP contribution < -0.4 is 25.8 Å². The first-order chi connectivity index (χ1) is 28.7. The van der Waals surface area contributed by atoms with Gasteiger partial charge in [-0.3, -0.25) is 19.4 Å². The maximum absolute atomic E-state index is 14.4. The Balaban J connectivity index is 0.908. The van der Waals surface area contributed by atoms with Crippen LogP contribution in [-0.4, -0.2) is 96.1 Å². The number of para-hydroxylation sites is 2. The van der Waals surface area contributed by atoms with Crippen molar-refractivity contribution in [3.63, 3.8) is 0 Å². The predicted octanol–water partition coefficient (Wildman–Crippen LogP) is 4.84. The Labute approximate surface area is 351 Å². The van der Waals surface area contributed by atoms with E-state index in [9.17, 15) is 19.7 Å². The van der Waals surface area contributed by atoms with Gasteiger partial charge in [0.15, 0.2) is 12.1 Å². The molecule has 0 aliphatic carbocycles. The number of nitrogens with two attached hydrogens (primary N) is 1. The SMILES string of the molecule is CC1(C)Cc2cccc(CN3CCC(CNC(=O)C(C(C(=O)NCC4CCN(Cc5cccc6c5OC(C)(C)C6)CC4)n4ccnc4[N+](=O)[O-])n4ccnc4N)CC3)c2O1. The van der Waals surface area contributed by atoms with E-state index < -0.39 is 34.8 Å². The van der Waals surface area contributed by atoms with Crippen LogP contribution in [0, 0.1) is 22.0 Å². The highest BCUT2D eigenvalue weighted by Crippen LogP contribution is 2.40. The number of nitro groups is 1. The lowest BCUT2D eigenvalue weighted by Gasteiger charge is -2.33. The molecule has 0 spiro atoms. The van der Waals surface area contributed by atoms with Crippen LogP contribution in [0.15, 0.2) is 61.2 Å². The molecule has 320 valence electrons. The number of aromatic nitrogens is 4. The van der Waals surface area contributed by atoms with Crippen molar-refractivity contribution in [2.24, 2.45) is 11.8 Å². The number of carbonyl (C=O) groups is 2. The minimum Gasteiger partial charge on any atom is -0.487 e. The van der Waals surface area contributed by atoms with E-state index in [1.54, 1.807) is 0 Å². The topological polar surface area (TPSA) is 188 Å². The lowest BCUT2D eigenvalue weighted by atomic mass is 9.95. The molecule has 8 rings (SSSR count). The summed E-state index contributed by atoms with van der Waals surface area (Å²) in [6, 6.07) is 10.1. The molecule has 0 radical (unpaired) electrons. The molecule has 4 aromatic rings. The predicted molar refractivity (Wildman–Crippen MR) is 225 cm³/mol. The van der Waals surface area contributed by atoms with Crippen molar-refractivity contribution in [2.75, 3.05) is 45.0 Å². The molecular formula is C44H58N10O6. The highest BCUT2D eigenvalue weighted by Gasteiger charge is 2.43. The number of nitrogen functional groups attached to an aromatic ring is 1. The van der Waals surface area contributed by atoms with E-state index in [2.05, 4.69) is 94.5 Å². The van der Waals surface area contributed by atoms with Gasteiger partial charge in [-0.1, -0.05) is 41.4 Å². The van der Waals surface area contributed by atoms with Crippen LogP contribution in [0.2, 0.25) is 0 Å². The van der Waals surface area contributed by atoms with Gasteiger partial charge in [-0.2, -0.15) is 0 Å². The van der Waals surface area contributed by atoms with Crippen molar-refractivity contribution in [1.29, 1.82) is 0 Å². The van der Waals surface area contributed by atoms with Gasteiger partial charge >= 0.3 is 5.95 Å². The van der Waals surface area contributed by atoms with Crippen molar-refractivity contribution in [2.45, 2.75) is 103 Å². The number of rotatable bonds is 14. The standard InChI is InChI=1S/C44H58N10O6/c1-43(2)23-31-7-5-9-33(37(31)59-43)27-50-17-11-29(12-18-50)25-48-39(55)35(52-21-15-46-41(52)45)36(53-22-16-47-42(53)54(57)58)40(56)49-26-30-13-19-51(20-14-30)28-34-10-6-8-32-24-44(3,4)60-38(32)34/h5-10,15-16,21-22,29-30,35-36H,11-14,17-20,23-28H2,1-4H3,(H2,45,46)(H,48,55)(H,49,56). The molecular weight excluding hydrogens is 765 g/mol. The second-order valence-corrected chi connectivity index (χ2v) is 18.3. The van der Waals surface area contributed by atoms with E-state index in [4.69, 9.17) is 15.2 Å². The highest BCUT2D eigenvalue weighted by atomic mass is 16.6. The van der Waals surface area contributed by atoms with Crippen LogP contribution in [0.1, 0.15) is 87.7 Å². The van der Waals surface area contributed by atoms with Crippen LogP contribution in [0.3, 0.4) is 0 Å². The third-order valence-electron chi connectivity index (χ3n) is 12.6. The highest BCUT2D eigenvalue weighted by molar-refractivity contribution is 5.90. The largest absolute Gasteiger partial charge is 0.487 e. The van der Waals surface area contributed by atoms with Gasteiger partial charge in [-0.05, 0) is 107 Å². The fourth-order valence-electron chi connectivity index (χ4n) is 9.55. The number of ether oxygens (including phenoxy) is 2. The first kappa shape index (κ1) is 41.3. The first-order valence-corrected chi connectivity index (χ1v) is 21.3.